The Labute approximate surface area is 139 Å². The van der Waals surface area contributed by atoms with Gasteiger partial charge in [0.05, 0.1) is 13.7 Å². The number of carbonyl (C=O) groups excluding carboxylic acids is 2. The smallest absolute Gasteiger partial charge is 0.261 e. The summed E-state index contributed by atoms with van der Waals surface area (Å²) >= 11 is 0. The van der Waals surface area contributed by atoms with E-state index in [0.717, 1.165) is 0 Å². The van der Waals surface area contributed by atoms with Crippen molar-refractivity contribution in [3.8, 4) is 5.88 Å². The molecule has 0 unspecified atom stereocenters. The molecule has 0 spiro atoms. The largest absolute Gasteiger partial charge is 0.479 e. The standard InChI is InChI=1S/C16H19FN4O3/c1-10-5-6-11(7-13(10)17)18-14(22)9-20(2)16(23)12-8-21(3)19-15(12)24-4/h5-8H,9H2,1-4H3,(H,18,22). The number of carbonyl (C=O) groups is 2. The number of hydrogen-bond acceptors (Lipinski definition) is 4. The van der Waals surface area contributed by atoms with E-state index in [2.05, 4.69) is 10.4 Å². The minimum absolute atomic E-state index is 0.188. The van der Waals surface area contributed by atoms with Gasteiger partial charge >= 0.3 is 0 Å². The first-order valence-corrected chi connectivity index (χ1v) is 7.21. The molecule has 0 fully saturated rings. The van der Waals surface area contributed by atoms with Crippen molar-refractivity contribution in [2.45, 2.75) is 6.92 Å². The molecule has 2 rings (SSSR count). The number of likely N-dealkylation sites (N-methyl/N-ethyl adjacent to an activating group) is 1. The van der Waals surface area contributed by atoms with Gasteiger partial charge < -0.3 is 15.0 Å². The summed E-state index contributed by atoms with van der Waals surface area (Å²) in [5.74, 6) is -1.05. The van der Waals surface area contributed by atoms with Gasteiger partial charge in [-0.05, 0) is 24.6 Å². The SMILES string of the molecule is COc1nn(C)cc1C(=O)N(C)CC(=O)Nc1ccc(C)c(F)c1. The summed E-state index contributed by atoms with van der Waals surface area (Å²) < 4.78 is 20.0. The average molecular weight is 334 g/mol. The molecule has 1 aromatic heterocycles. The summed E-state index contributed by atoms with van der Waals surface area (Å²) in [6.45, 7) is 1.45. The minimum atomic E-state index is -0.433. The van der Waals surface area contributed by atoms with Crippen molar-refractivity contribution >= 4 is 17.5 Å². The zero-order chi connectivity index (χ0) is 17.9. The van der Waals surface area contributed by atoms with Crippen molar-refractivity contribution in [2.75, 3.05) is 26.0 Å². The van der Waals surface area contributed by atoms with E-state index >= 15 is 0 Å². The summed E-state index contributed by atoms with van der Waals surface area (Å²) in [7, 11) is 4.57. The highest BCUT2D eigenvalue weighted by Crippen LogP contribution is 2.17. The Bertz CT molecular complexity index is 773. The van der Waals surface area contributed by atoms with E-state index in [-0.39, 0.29) is 18.0 Å². The molecule has 0 aliphatic carbocycles. The summed E-state index contributed by atoms with van der Waals surface area (Å²) in [5.41, 5.74) is 1.09. The van der Waals surface area contributed by atoms with Gasteiger partial charge in [0.1, 0.15) is 11.4 Å². The predicted octanol–water partition coefficient (Wildman–Crippen LogP) is 1.59. The zero-order valence-corrected chi connectivity index (χ0v) is 14.0. The molecule has 2 amide bonds. The third-order valence-electron chi connectivity index (χ3n) is 3.40. The Hall–Kier alpha value is -2.90. The van der Waals surface area contributed by atoms with Crippen LogP contribution in [0.5, 0.6) is 5.88 Å². The van der Waals surface area contributed by atoms with E-state index in [1.807, 2.05) is 0 Å². The number of methoxy groups -OCH3 is 1. The summed E-state index contributed by atoms with van der Waals surface area (Å²) in [4.78, 5) is 25.6. The maximum atomic E-state index is 13.5. The first-order chi connectivity index (χ1) is 11.3. The molecule has 0 saturated heterocycles. The number of hydrogen-bond donors (Lipinski definition) is 1. The highest BCUT2D eigenvalue weighted by molar-refractivity contribution is 6.00. The second-order valence-corrected chi connectivity index (χ2v) is 5.40. The van der Waals surface area contributed by atoms with Crippen LogP contribution in [0.15, 0.2) is 24.4 Å². The highest BCUT2D eigenvalue weighted by Gasteiger charge is 2.21. The van der Waals surface area contributed by atoms with Crippen LogP contribution in [-0.2, 0) is 11.8 Å². The van der Waals surface area contributed by atoms with E-state index in [9.17, 15) is 14.0 Å². The van der Waals surface area contributed by atoms with Crippen molar-refractivity contribution in [2.24, 2.45) is 7.05 Å². The number of rotatable bonds is 5. The molecule has 0 saturated carbocycles. The fraction of sp³-hybridized carbons (Fsp3) is 0.312. The molecular formula is C16H19FN4O3. The lowest BCUT2D eigenvalue weighted by molar-refractivity contribution is -0.116. The van der Waals surface area contributed by atoms with Crippen LogP contribution in [0.3, 0.4) is 0 Å². The second kappa shape index (κ2) is 7.12. The number of benzene rings is 1. The molecule has 2 aromatic rings. The van der Waals surface area contributed by atoms with Gasteiger partial charge in [0.25, 0.3) is 5.91 Å². The summed E-state index contributed by atoms with van der Waals surface area (Å²) in [6, 6.07) is 4.40. The average Bonchev–Trinajstić information content (AvgIpc) is 2.91. The van der Waals surface area contributed by atoms with E-state index in [4.69, 9.17) is 4.74 Å². The van der Waals surface area contributed by atoms with Crippen LogP contribution in [0.2, 0.25) is 0 Å². The molecule has 1 N–H and O–H groups in total. The molecule has 7 nitrogen and oxygen atoms in total. The van der Waals surface area contributed by atoms with Crippen molar-refractivity contribution in [1.82, 2.24) is 14.7 Å². The number of nitrogens with one attached hydrogen (secondary N) is 1. The molecule has 1 heterocycles. The van der Waals surface area contributed by atoms with Crippen molar-refractivity contribution in [3.05, 3.63) is 41.3 Å². The fourth-order valence-electron chi connectivity index (χ4n) is 2.13. The minimum Gasteiger partial charge on any atom is -0.479 e. The Balaban J connectivity index is 2.02. The van der Waals surface area contributed by atoms with E-state index in [1.165, 1.54) is 36.0 Å². The first-order valence-electron chi connectivity index (χ1n) is 7.21. The van der Waals surface area contributed by atoms with Crippen LogP contribution in [0.1, 0.15) is 15.9 Å². The van der Waals surface area contributed by atoms with Crippen LogP contribution < -0.4 is 10.1 Å². The Morgan fingerprint density at radius 3 is 2.75 bits per heavy atom. The lowest BCUT2D eigenvalue weighted by Crippen LogP contribution is -2.35. The second-order valence-electron chi connectivity index (χ2n) is 5.40. The molecule has 0 radical (unpaired) electrons. The number of anilines is 1. The zero-order valence-electron chi connectivity index (χ0n) is 14.0. The molecule has 0 aliphatic rings. The number of nitrogens with zero attached hydrogens (tertiary/aromatic N) is 3. The van der Waals surface area contributed by atoms with Crippen LogP contribution in [0, 0.1) is 12.7 Å². The topological polar surface area (TPSA) is 76.5 Å². The van der Waals surface area contributed by atoms with Crippen LogP contribution in [-0.4, -0.2) is 47.2 Å². The quantitative estimate of drug-likeness (QED) is 0.901. The van der Waals surface area contributed by atoms with Gasteiger partial charge in [0.2, 0.25) is 11.8 Å². The lowest BCUT2D eigenvalue weighted by Gasteiger charge is -2.16. The van der Waals surface area contributed by atoms with Crippen LogP contribution in [0.25, 0.3) is 0 Å². The maximum Gasteiger partial charge on any atom is 0.261 e. The van der Waals surface area contributed by atoms with Gasteiger partial charge in [-0.2, -0.15) is 0 Å². The molecule has 128 valence electrons. The summed E-state index contributed by atoms with van der Waals surface area (Å²) in [5, 5.41) is 6.56. The van der Waals surface area contributed by atoms with Gasteiger partial charge in [0.15, 0.2) is 0 Å². The Morgan fingerprint density at radius 2 is 2.12 bits per heavy atom. The lowest BCUT2D eigenvalue weighted by atomic mass is 10.2. The van der Waals surface area contributed by atoms with Crippen molar-refractivity contribution < 1.29 is 18.7 Å². The summed E-state index contributed by atoms with van der Waals surface area (Å²) in [6.07, 6.45) is 1.52. The number of aromatic nitrogens is 2. The normalized spacial score (nSPS) is 10.4. The Morgan fingerprint density at radius 1 is 1.42 bits per heavy atom. The van der Waals surface area contributed by atoms with Crippen molar-refractivity contribution in [1.29, 1.82) is 0 Å². The van der Waals surface area contributed by atoms with Gasteiger partial charge in [-0.25, -0.2) is 4.39 Å². The number of halogens is 1. The molecule has 0 atom stereocenters. The molecule has 1 aromatic carbocycles. The molecule has 8 heteroatoms. The van der Waals surface area contributed by atoms with Gasteiger partial charge in [-0.1, -0.05) is 6.07 Å². The maximum absolute atomic E-state index is 13.5. The van der Waals surface area contributed by atoms with E-state index < -0.39 is 17.6 Å². The first kappa shape index (κ1) is 17.5. The van der Waals surface area contributed by atoms with E-state index in [1.54, 1.807) is 26.1 Å². The van der Waals surface area contributed by atoms with Crippen LogP contribution >= 0.6 is 0 Å². The molecular weight excluding hydrogens is 315 g/mol. The third kappa shape index (κ3) is 3.89. The number of amides is 2. The van der Waals surface area contributed by atoms with Gasteiger partial charge in [0, 0.05) is 26.0 Å². The highest BCUT2D eigenvalue weighted by atomic mass is 19.1. The van der Waals surface area contributed by atoms with E-state index in [0.29, 0.717) is 11.3 Å². The predicted molar refractivity (Wildman–Crippen MR) is 86.5 cm³/mol. The molecule has 0 bridgehead atoms. The molecule has 24 heavy (non-hydrogen) atoms. The fourth-order valence-corrected chi connectivity index (χ4v) is 2.13. The monoisotopic (exact) mass is 334 g/mol. The number of ether oxygens (including phenoxy) is 1. The molecule has 0 aliphatic heterocycles. The van der Waals surface area contributed by atoms with Crippen LogP contribution in [0.4, 0.5) is 10.1 Å². The number of aryl methyl sites for hydroxylation is 2. The third-order valence-corrected chi connectivity index (χ3v) is 3.40. The van der Waals surface area contributed by atoms with Crippen molar-refractivity contribution in [3.63, 3.8) is 0 Å². The Kier molecular flexibility index (Phi) is 5.18. The van der Waals surface area contributed by atoms with Gasteiger partial charge in [-0.15, -0.1) is 5.10 Å². The van der Waals surface area contributed by atoms with Gasteiger partial charge in [-0.3, -0.25) is 14.3 Å².